The first-order chi connectivity index (χ1) is 7.15. The van der Waals surface area contributed by atoms with Crippen LogP contribution in [0.25, 0.3) is 0 Å². The highest BCUT2D eigenvalue weighted by molar-refractivity contribution is 9.10. The molecule has 1 aromatic rings. The lowest BCUT2D eigenvalue weighted by Crippen LogP contribution is -2.09. The third-order valence-electron chi connectivity index (χ3n) is 2.10. The van der Waals surface area contributed by atoms with E-state index in [-0.39, 0.29) is 0 Å². The zero-order chi connectivity index (χ0) is 11.3. The van der Waals surface area contributed by atoms with Crippen molar-refractivity contribution in [2.75, 3.05) is 11.9 Å². The summed E-state index contributed by atoms with van der Waals surface area (Å²) in [6.07, 6.45) is 2.36. The number of anilines is 1. The molecule has 4 heteroatoms. The highest BCUT2D eigenvalue weighted by atomic mass is 79.9. The molecule has 2 nitrogen and oxygen atoms in total. The maximum atomic E-state index is 5.54. The van der Waals surface area contributed by atoms with E-state index >= 15 is 0 Å². The quantitative estimate of drug-likeness (QED) is 0.644. The second-order valence-electron chi connectivity index (χ2n) is 3.34. The van der Waals surface area contributed by atoms with Gasteiger partial charge in [0.1, 0.15) is 4.99 Å². The molecule has 0 saturated carbocycles. The lowest BCUT2D eigenvalue weighted by atomic mass is 10.2. The van der Waals surface area contributed by atoms with Crippen LogP contribution < -0.4 is 11.1 Å². The van der Waals surface area contributed by atoms with Gasteiger partial charge in [-0.15, -0.1) is 0 Å². The van der Waals surface area contributed by atoms with E-state index in [0.717, 1.165) is 22.3 Å². The van der Waals surface area contributed by atoms with Crippen molar-refractivity contribution >= 4 is 38.8 Å². The van der Waals surface area contributed by atoms with Crippen LogP contribution in [-0.4, -0.2) is 11.5 Å². The molecule has 0 aliphatic heterocycles. The second-order valence-corrected chi connectivity index (χ2v) is 4.63. The van der Waals surface area contributed by atoms with Gasteiger partial charge in [-0.1, -0.05) is 25.6 Å². The fourth-order valence-corrected chi connectivity index (χ4v) is 1.86. The molecule has 15 heavy (non-hydrogen) atoms. The van der Waals surface area contributed by atoms with E-state index in [9.17, 15) is 0 Å². The molecule has 0 amide bonds. The van der Waals surface area contributed by atoms with Crippen molar-refractivity contribution in [3.8, 4) is 0 Å². The van der Waals surface area contributed by atoms with E-state index in [1.165, 1.54) is 12.8 Å². The maximum Gasteiger partial charge on any atom is 0.104 e. The van der Waals surface area contributed by atoms with Crippen LogP contribution in [0.1, 0.15) is 25.3 Å². The Morgan fingerprint density at radius 2 is 2.27 bits per heavy atom. The largest absolute Gasteiger partial charge is 0.389 e. The number of hydrogen-bond donors (Lipinski definition) is 2. The molecule has 1 aromatic carbocycles. The second kappa shape index (κ2) is 6.08. The standard InChI is InChI=1S/C11H15BrN2S/c1-2-3-6-14-10-5-4-8(11(13)15)7-9(10)12/h4-5,7,14H,2-3,6H2,1H3,(H2,13,15). The van der Waals surface area contributed by atoms with Gasteiger partial charge in [-0.2, -0.15) is 0 Å². The molecule has 0 aliphatic rings. The topological polar surface area (TPSA) is 38.0 Å². The molecule has 0 atom stereocenters. The molecule has 0 bridgehead atoms. The predicted octanol–water partition coefficient (Wildman–Crippen LogP) is 3.30. The smallest absolute Gasteiger partial charge is 0.104 e. The van der Waals surface area contributed by atoms with Gasteiger partial charge in [0, 0.05) is 22.3 Å². The molecule has 1 rings (SSSR count). The average Bonchev–Trinajstić information content (AvgIpc) is 2.20. The van der Waals surface area contributed by atoms with E-state index < -0.39 is 0 Å². The van der Waals surface area contributed by atoms with Crippen LogP contribution >= 0.6 is 28.1 Å². The summed E-state index contributed by atoms with van der Waals surface area (Å²) in [5.74, 6) is 0. The van der Waals surface area contributed by atoms with Crippen LogP contribution in [-0.2, 0) is 0 Å². The lowest BCUT2D eigenvalue weighted by molar-refractivity contribution is 0.834. The van der Waals surface area contributed by atoms with Crippen LogP contribution in [0.15, 0.2) is 22.7 Å². The third-order valence-corrected chi connectivity index (χ3v) is 2.99. The van der Waals surface area contributed by atoms with Crippen molar-refractivity contribution in [2.24, 2.45) is 5.73 Å². The Balaban J connectivity index is 2.70. The molecular formula is C11H15BrN2S. The molecule has 0 spiro atoms. The molecule has 82 valence electrons. The summed E-state index contributed by atoms with van der Waals surface area (Å²) in [5.41, 5.74) is 7.52. The van der Waals surface area contributed by atoms with E-state index in [1.54, 1.807) is 0 Å². The lowest BCUT2D eigenvalue weighted by Gasteiger charge is -2.09. The normalized spacial score (nSPS) is 10.0. The highest BCUT2D eigenvalue weighted by Gasteiger charge is 2.02. The number of nitrogens with two attached hydrogens (primary N) is 1. The van der Waals surface area contributed by atoms with E-state index in [2.05, 4.69) is 28.2 Å². The van der Waals surface area contributed by atoms with E-state index in [0.29, 0.717) is 4.99 Å². The highest BCUT2D eigenvalue weighted by Crippen LogP contribution is 2.23. The Morgan fingerprint density at radius 1 is 1.53 bits per heavy atom. The van der Waals surface area contributed by atoms with Crippen molar-refractivity contribution in [3.63, 3.8) is 0 Å². The molecule has 0 saturated heterocycles. The van der Waals surface area contributed by atoms with Crippen molar-refractivity contribution in [1.29, 1.82) is 0 Å². The molecule has 0 unspecified atom stereocenters. The number of benzene rings is 1. The van der Waals surface area contributed by atoms with Crippen LogP contribution in [0.4, 0.5) is 5.69 Å². The first-order valence-corrected chi connectivity index (χ1v) is 6.18. The monoisotopic (exact) mass is 286 g/mol. The number of rotatable bonds is 5. The van der Waals surface area contributed by atoms with Gasteiger partial charge in [-0.3, -0.25) is 0 Å². The Morgan fingerprint density at radius 3 is 2.80 bits per heavy atom. The summed E-state index contributed by atoms with van der Waals surface area (Å²) in [5, 5.41) is 3.35. The average molecular weight is 287 g/mol. The van der Waals surface area contributed by atoms with Crippen LogP contribution in [0.5, 0.6) is 0 Å². The van der Waals surface area contributed by atoms with E-state index in [1.807, 2.05) is 18.2 Å². The molecule has 3 N–H and O–H groups in total. The number of hydrogen-bond acceptors (Lipinski definition) is 2. The van der Waals surface area contributed by atoms with Crippen LogP contribution in [0.2, 0.25) is 0 Å². The summed E-state index contributed by atoms with van der Waals surface area (Å²) in [6, 6.07) is 5.87. The molecule has 0 aliphatic carbocycles. The fourth-order valence-electron chi connectivity index (χ4n) is 1.21. The fraction of sp³-hybridized carbons (Fsp3) is 0.364. The molecule has 0 aromatic heterocycles. The van der Waals surface area contributed by atoms with Gasteiger partial charge in [-0.05, 0) is 40.5 Å². The summed E-state index contributed by atoms with van der Waals surface area (Å²) in [6.45, 7) is 3.16. The van der Waals surface area contributed by atoms with Crippen LogP contribution in [0, 0.1) is 0 Å². The number of unbranched alkanes of at least 4 members (excludes halogenated alkanes) is 1. The summed E-state index contributed by atoms with van der Waals surface area (Å²) < 4.78 is 1.00. The minimum atomic E-state index is 0.427. The Kier molecular flexibility index (Phi) is 5.05. The van der Waals surface area contributed by atoms with Gasteiger partial charge >= 0.3 is 0 Å². The first-order valence-electron chi connectivity index (χ1n) is 4.98. The maximum absolute atomic E-state index is 5.54. The Labute approximate surface area is 104 Å². The van der Waals surface area contributed by atoms with Gasteiger partial charge in [0.25, 0.3) is 0 Å². The van der Waals surface area contributed by atoms with Gasteiger partial charge in [-0.25, -0.2) is 0 Å². The van der Waals surface area contributed by atoms with Crippen LogP contribution in [0.3, 0.4) is 0 Å². The predicted molar refractivity (Wildman–Crippen MR) is 73.4 cm³/mol. The molecule has 0 heterocycles. The van der Waals surface area contributed by atoms with Crippen molar-refractivity contribution < 1.29 is 0 Å². The third kappa shape index (κ3) is 3.80. The molecule has 0 fully saturated rings. The Hall–Kier alpha value is -0.610. The van der Waals surface area contributed by atoms with Gasteiger partial charge in [0.15, 0.2) is 0 Å². The summed E-state index contributed by atoms with van der Waals surface area (Å²) in [4.78, 5) is 0.427. The minimum Gasteiger partial charge on any atom is -0.389 e. The Bertz CT molecular complexity index is 352. The summed E-state index contributed by atoms with van der Waals surface area (Å²) >= 11 is 8.40. The molecule has 0 radical (unpaired) electrons. The first kappa shape index (κ1) is 12.5. The SMILES string of the molecule is CCCCNc1ccc(C(N)=S)cc1Br. The van der Waals surface area contributed by atoms with Gasteiger partial charge < -0.3 is 11.1 Å². The number of nitrogens with one attached hydrogen (secondary N) is 1. The van der Waals surface area contributed by atoms with Gasteiger partial charge in [0.2, 0.25) is 0 Å². The van der Waals surface area contributed by atoms with Crippen molar-refractivity contribution in [2.45, 2.75) is 19.8 Å². The van der Waals surface area contributed by atoms with Crippen molar-refractivity contribution in [3.05, 3.63) is 28.2 Å². The van der Waals surface area contributed by atoms with Crippen molar-refractivity contribution in [1.82, 2.24) is 0 Å². The summed E-state index contributed by atoms with van der Waals surface area (Å²) in [7, 11) is 0. The molecular weight excluding hydrogens is 272 g/mol. The number of halogens is 1. The zero-order valence-electron chi connectivity index (χ0n) is 8.72. The number of thiocarbonyl (C=S) groups is 1. The zero-order valence-corrected chi connectivity index (χ0v) is 11.1. The minimum absolute atomic E-state index is 0.427. The van der Waals surface area contributed by atoms with Gasteiger partial charge in [0.05, 0.1) is 0 Å². The van der Waals surface area contributed by atoms with E-state index in [4.69, 9.17) is 18.0 Å².